The molecule has 1 aromatic rings. The van der Waals surface area contributed by atoms with Crippen LogP contribution in [0.15, 0.2) is 18.3 Å². The fourth-order valence-corrected chi connectivity index (χ4v) is 3.04. The summed E-state index contributed by atoms with van der Waals surface area (Å²) in [5, 5.41) is 3.43. The van der Waals surface area contributed by atoms with Gasteiger partial charge in [-0.3, -0.25) is 9.88 Å². The Labute approximate surface area is 130 Å². The molecule has 0 aliphatic heterocycles. The molecule has 0 atom stereocenters. The molecule has 0 unspecified atom stereocenters. The van der Waals surface area contributed by atoms with Gasteiger partial charge >= 0.3 is 0 Å². The van der Waals surface area contributed by atoms with E-state index in [2.05, 4.69) is 55.2 Å². The predicted octanol–water partition coefficient (Wildman–Crippen LogP) is 3.59. The zero-order chi connectivity index (χ0) is 15.2. The van der Waals surface area contributed by atoms with E-state index >= 15 is 0 Å². The van der Waals surface area contributed by atoms with Crippen molar-refractivity contribution in [3.8, 4) is 0 Å². The average molecular weight is 289 g/mol. The van der Waals surface area contributed by atoms with Gasteiger partial charge in [0.1, 0.15) is 0 Å². The molecule has 21 heavy (non-hydrogen) atoms. The lowest BCUT2D eigenvalue weighted by Gasteiger charge is -2.33. The van der Waals surface area contributed by atoms with Gasteiger partial charge in [-0.25, -0.2) is 0 Å². The van der Waals surface area contributed by atoms with Gasteiger partial charge in [0.15, 0.2) is 0 Å². The van der Waals surface area contributed by atoms with Gasteiger partial charge in [-0.1, -0.05) is 26.8 Å². The van der Waals surface area contributed by atoms with Crippen LogP contribution in [-0.2, 0) is 13.1 Å². The van der Waals surface area contributed by atoms with Crippen LogP contribution >= 0.6 is 0 Å². The molecule has 118 valence electrons. The predicted molar refractivity (Wildman–Crippen MR) is 89.1 cm³/mol. The van der Waals surface area contributed by atoms with Gasteiger partial charge in [0.2, 0.25) is 0 Å². The Morgan fingerprint density at radius 3 is 2.52 bits per heavy atom. The van der Waals surface area contributed by atoms with E-state index in [4.69, 9.17) is 0 Å². The first-order valence-corrected chi connectivity index (χ1v) is 8.42. The number of aromatic nitrogens is 1. The van der Waals surface area contributed by atoms with Gasteiger partial charge in [0, 0.05) is 31.4 Å². The maximum atomic E-state index is 4.62. The molecule has 3 nitrogen and oxygen atoms in total. The first kappa shape index (κ1) is 16.4. The van der Waals surface area contributed by atoms with Gasteiger partial charge in [-0.05, 0) is 50.3 Å². The lowest BCUT2D eigenvalue weighted by atomic mass is 9.87. The summed E-state index contributed by atoms with van der Waals surface area (Å²) in [4.78, 5) is 7.11. The number of hydrogen-bond donors (Lipinski definition) is 1. The third-order valence-corrected chi connectivity index (χ3v) is 4.62. The second kappa shape index (κ2) is 7.90. The number of rotatable bonds is 6. The number of nitrogens with zero attached hydrogens (tertiary/aromatic N) is 2. The molecule has 1 aliphatic rings. The van der Waals surface area contributed by atoms with Crippen molar-refractivity contribution in [2.24, 2.45) is 5.92 Å². The monoisotopic (exact) mass is 289 g/mol. The van der Waals surface area contributed by atoms with E-state index in [1.807, 2.05) is 6.20 Å². The molecular formula is C18H31N3. The Balaban J connectivity index is 1.82. The highest BCUT2D eigenvalue weighted by Crippen LogP contribution is 2.27. The molecule has 0 radical (unpaired) electrons. The van der Waals surface area contributed by atoms with Crippen LogP contribution in [0.1, 0.15) is 57.7 Å². The van der Waals surface area contributed by atoms with Crippen molar-refractivity contribution in [1.82, 2.24) is 15.2 Å². The van der Waals surface area contributed by atoms with E-state index in [0.717, 1.165) is 25.0 Å². The summed E-state index contributed by atoms with van der Waals surface area (Å²) >= 11 is 0. The normalized spacial score (nSPS) is 23.0. The summed E-state index contributed by atoms with van der Waals surface area (Å²) in [6.07, 6.45) is 7.45. The second-order valence-electron chi connectivity index (χ2n) is 7.02. The average Bonchev–Trinajstić information content (AvgIpc) is 2.47. The minimum Gasteiger partial charge on any atom is -0.310 e. The van der Waals surface area contributed by atoms with Crippen molar-refractivity contribution in [1.29, 1.82) is 0 Å². The summed E-state index contributed by atoms with van der Waals surface area (Å²) in [5.74, 6) is 0.917. The summed E-state index contributed by atoms with van der Waals surface area (Å²) < 4.78 is 0. The molecule has 0 bridgehead atoms. The van der Waals surface area contributed by atoms with Crippen LogP contribution in [0.2, 0.25) is 0 Å². The molecule has 2 rings (SSSR count). The quantitative estimate of drug-likeness (QED) is 0.867. The standard InChI is InChI=1S/C18H31N3/c1-14(2)19-11-16-7-8-17(20-12-16)13-21(4)18-9-5-15(3)6-10-18/h7-8,12,14-15,18-19H,5-6,9-11,13H2,1-4H3. The van der Waals surface area contributed by atoms with Gasteiger partial charge in [-0.2, -0.15) is 0 Å². The molecule has 1 heterocycles. The van der Waals surface area contributed by atoms with Gasteiger partial charge in [-0.15, -0.1) is 0 Å². The highest BCUT2D eigenvalue weighted by molar-refractivity contribution is 5.14. The molecule has 0 aromatic carbocycles. The number of hydrogen-bond acceptors (Lipinski definition) is 3. The number of pyridine rings is 1. The Kier molecular flexibility index (Phi) is 6.19. The SMILES string of the molecule is CC1CCC(N(C)Cc2ccc(CNC(C)C)cn2)CC1. The third kappa shape index (κ3) is 5.40. The van der Waals surface area contributed by atoms with Crippen molar-refractivity contribution in [2.75, 3.05) is 7.05 Å². The van der Waals surface area contributed by atoms with Crippen LogP contribution in [0.4, 0.5) is 0 Å². The van der Waals surface area contributed by atoms with Crippen LogP contribution < -0.4 is 5.32 Å². The zero-order valence-electron chi connectivity index (χ0n) is 14.1. The van der Waals surface area contributed by atoms with Crippen LogP contribution in [-0.4, -0.2) is 29.0 Å². The smallest absolute Gasteiger partial charge is 0.0544 e. The van der Waals surface area contributed by atoms with Crippen molar-refractivity contribution in [2.45, 2.75) is 71.6 Å². The van der Waals surface area contributed by atoms with E-state index in [1.165, 1.54) is 36.9 Å². The molecular weight excluding hydrogens is 258 g/mol. The molecule has 1 N–H and O–H groups in total. The Morgan fingerprint density at radius 1 is 1.24 bits per heavy atom. The Morgan fingerprint density at radius 2 is 1.95 bits per heavy atom. The molecule has 1 aromatic heterocycles. The van der Waals surface area contributed by atoms with Crippen LogP contribution in [0.5, 0.6) is 0 Å². The summed E-state index contributed by atoms with van der Waals surface area (Å²) in [5.41, 5.74) is 2.45. The number of nitrogens with one attached hydrogen (secondary N) is 1. The van der Waals surface area contributed by atoms with Crippen molar-refractivity contribution in [3.63, 3.8) is 0 Å². The van der Waals surface area contributed by atoms with E-state index < -0.39 is 0 Å². The topological polar surface area (TPSA) is 28.2 Å². The maximum Gasteiger partial charge on any atom is 0.0544 e. The highest BCUT2D eigenvalue weighted by atomic mass is 15.1. The van der Waals surface area contributed by atoms with Gasteiger partial charge in [0.25, 0.3) is 0 Å². The van der Waals surface area contributed by atoms with Crippen LogP contribution in [0.25, 0.3) is 0 Å². The zero-order valence-corrected chi connectivity index (χ0v) is 14.1. The van der Waals surface area contributed by atoms with E-state index in [9.17, 15) is 0 Å². The summed E-state index contributed by atoms with van der Waals surface area (Å²) in [6, 6.07) is 5.64. The molecule has 0 spiro atoms. The van der Waals surface area contributed by atoms with Crippen molar-refractivity contribution < 1.29 is 0 Å². The second-order valence-corrected chi connectivity index (χ2v) is 7.02. The molecule has 1 fully saturated rings. The molecule has 3 heteroatoms. The van der Waals surface area contributed by atoms with Crippen molar-refractivity contribution >= 4 is 0 Å². The molecule has 1 saturated carbocycles. The minimum atomic E-state index is 0.518. The largest absolute Gasteiger partial charge is 0.310 e. The van der Waals surface area contributed by atoms with Gasteiger partial charge < -0.3 is 5.32 Å². The Hall–Kier alpha value is -0.930. The van der Waals surface area contributed by atoms with Crippen LogP contribution in [0, 0.1) is 5.92 Å². The first-order chi connectivity index (χ1) is 10.0. The lowest BCUT2D eigenvalue weighted by molar-refractivity contribution is 0.162. The third-order valence-electron chi connectivity index (χ3n) is 4.62. The van der Waals surface area contributed by atoms with E-state index in [1.54, 1.807) is 0 Å². The van der Waals surface area contributed by atoms with Crippen molar-refractivity contribution in [3.05, 3.63) is 29.6 Å². The minimum absolute atomic E-state index is 0.518. The summed E-state index contributed by atoms with van der Waals surface area (Å²) in [7, 11) is 2.25. The van der Waals surface area contributed by atoms with E-state index in [0.29, 0.717) is 6.04 Å². The maximum absolute atomic E-state index is 4.62. The molecule has 0 amide bonds. The van der Waals surface area contributed by atoms with E-state index in [-0.39, 0.29) is 0 Å². The molecule has 1 aliphatic carbocycles. The Bertz CT molecular complexity index is 405. The van der Waals surface area contributed by atoms with Crippen LogP contribution in [0.3, 0.4) is 0 Å². The first-order valence-electron chi connectivity index (χ1n) is 8.42. The highest BCUT2D eigenvalue weighted by Gasteiger charge is 2.21. The molecule has 0 saturated heterocycles. The fourth-order valence-electron chi connectivity index (χ4n) is 3.04. The lowest BCUT2D eigenvalue weighted by Crippen LogP contribution is -2.34. The van der Waals surface area contributed by atoms with Gasteiger partial charge in [0.05, 0.1) is 5.69 Å². The summed E-state index contributed by atoms with van der Waals surface area (Å²) in [6.45, 7) is 8.59. The fraction of sp³-hybridized carbons (Fsp3) is 0.722.